The molecule has 1 heterocycles. The molecule has 14 heavy (non-hydrogen) atoms. The second-order valence-corrected chi connectivity index (χ2v) is 2.95. The molecule has 0 aliphatic rings. The first-order valence-corrected chi connectivity index (χ1v) is 4.35. The second kappa shape index (κ2) is 5.39. The van der Waals surface area contributed by atoms with E-state index in [1.165, 1.54) is 6.20 Å². The zero-order valence-corrected chi connectivity index (χ0v) is 8.43. The molecule has 5 heteroatoms. The number of hydrogen-bond acceptors (Lipinski definition) is 3. The van der Waals surface area contributed by atoms with Crippen molar-refractivity contribution in [1.29, 1.82) is 0 Å². The largest absolute Gasteiger partial charge is 0.383 e. The van der Waals surface area contributed by atoms with Crippen LogP contribution in [0.15, 0.2) is 12.4 Å². The van der Waals surface area contributed by atoms with Crippen molar-refractivity contribution < 1.29 is 9.53 Å². The van der Waals surface area contributed by atoms with E-state index in [9.17, 15) is 4.79 Å². The average molecular weight is 196 g/mol. The van der Waals surface area contributed by atoms with E-state index in [-0.39, 0.29) is 12.5 Å². The van der Waals surface area contributed by atoms with Gasteiger partial charge in [-0.05, 0) is 0 Å². The third-order valence-electron chi connectivity index (χ3n) is 1.86. The predicted octanol–water partition coefficient (Wildman–Crippen LogP) is -0.212. The SMILES string of the molecule is COCCN(C)C(=O)Cn1c[c]cn1. The van der Waals surface area contributed by atoms with Crippen LogP contribution in [0.2, 0.25) is 0 Å². The average Bonchev–Trinajstić information content (AvgIpc) is 2.66. The van der Waals surface area contributed by atoms with Crippen LogP contribution in [-0.4, -0.2) is 47.9 Å². The fourth-order valence-electron chi connectivity index (χ4n) is 0.959. The molecular formula is C9H14N3O2. The summed E-state index contributed by atoms with van der Waals surface area (Å²) in [7, 11) is 3.36. The molecule has 0 aliphatic carbocycles. The maximum Gasteiger partial charge on any atom is 0.244 e. The minimum atomic E-state index is 0.0131. The number of aromatic nitrogens is 2. The lowest BCUT2D eigenvalue weighted by Crippen LogP contribution is -2.32. The van der Waals surface area contributed by atoms with Crippen LogP contribution in [0.3, 0.4) is 0 Å². The molecule has 1 amide bonds. The topological polar surface area (TPSA) is 47.4 Å². The van der Waals surface area contributed by atoms with Crippen molar-refractivity contribution in [1.82, 2.24) is 14.7 Å². The van der Waals surface area contributed by atoms with Gasteiger partial charge in [0.15, 0.2) is 0 Å². The molecule has 0 bridgehead atoms. The Morgan fingerprint density at radius 3 is 3.07 bits per heavy atom. The summed E-state index contributed by atoms with van der Waals surface area (Å²) in [6, 6.07) is 2.77. The van der Waals surface area contributed by atoms with E-state index in [0.29, 0.717) is 13.2 Å². The molecule has 0 fully saturated rings. The Balaban J connectivity index is 2.34. The monoisotopic (exact) mass is 196 g/mol. The number of carbonyl (C=O) groups excluding carboxylic acids is 1. The number of hydrogen-bond donors (Lipinski definition) is 0. The lowest BCUT2D eigenvalue weighted by molar-refractivity contribution is -0.131. The van der Waals surface area contributed by atoms with Crippen LogP contribution in [0.25, 0.3) is 0 Å². The van der Waals surface area contributed by atoms with Gasteiger partial charge in [-0.2, -0.15) is 5.10 Å². The van der Waals surface area contributed by atoms with Crippen molar-refractivity contribution in [3.63, 3.8) is 0 Å². The van der Waals surface area contributed by atoms with E-state index >= 15 is 0 Å². The summed E-state index contributed by atoms with van der Waals surface area (Å²) in [5.41, 5.74) is 0. The predicted molar refractivity (Wildman–Crippen MR) is 50.6 cm³/mol. The van der Waals surface area contributed by atoms with Gasteiger partial charge in [0.05, 0.1) is 12.8 Å². The van der Waals surface area contributed by atoms with E-state index in [2.05, 4.69) is 11.2 Å². The molecule has 77 valence electrons. The lowest BCUT2D eigenvalue weighted by Gasteiger charge is -2.16. The summed E-state index contributed by atoms with van der Waals surface area (Å²) in [6.45, 7) is 1.40. The van der Waals surface area contributed by atoms with Gasteiger partial charge in [0.25, 0.3) is 0 Å². The Kier molecular flexibility index (Phi) is 4.12. The summed E-state index contributed by atoms with van der Waals surface area (Å²) in [4.78, 5) is 13.1. The van der Waals surface area contributed by atoms with Crippen molar-refractivity contribution in [2.75, 3.05) is 27.3 Å². The number of amides is 1. The Morgan fingerprint density at radius 1 is 1.71 bits per heavy atom. The number of ether oxygens (including phenoxy) is 1. The van der Waals surface area contributed by atoms with E-state index in [4.69, 9.17) is 4.74 Å². The molecule has 1 rings (SSSR count). The second-order valence-electron chi connectivity index (χ2n) is 2.95. The molecule has 1 aromatic rings. The van der Waals surface area contributed by atoms with Crippen molar-refractivity contribution in [3.8, 4) is 0 Å². The van der Waals surface area contributed by atoms with Crippen LogP contribution in [0, 0.1) is 6.07 Å². The molecular weight excluding hydrogens is 182 g/mol. The van der Waals surface area contributed by atoms with Crippen LogP contribution < -0.4 is 0 Å². The number of nitrogens with zero attached hydrogens (tertiary/aromatic N) is 3. The van der Waals surface area contributed by atoms with E-state index < -0.39 is 0 Å². The van der Waals surface area contributed by atoms with Gasteiger partial charge in [-0.3, -0.25) is 9.48 Å². The minimum absolute atomic E-state index is 0.0131. The van der Waals surface area contributed by atoms with Crippen LogP contribution in [-0.2, 0) is 16.1 Å². The first kappa shape index (κ1) is 10.7. The molecule has 1 aromatic heterocycles. The summed E-state index contributed by atoms with van der Waals surface area (Å²) in [5, 5.41) is 3.90. The Bertz CT molecular complexity index is 272. The molecule has 0 spiro atoms. The molecule has 0 saturated carbocycles. The molecule has 0 unspecified atom stereocenters. The maximum absolute atomic E-state index is 11.5. The molecule has 0 saturated heterocycles. The number of rotatable bonds is 5. The van der Waals surface area contributed by atoms with Gasteiger partial charge >= 0.3 is 0 Å². The number of likely N-dealkylation sites (N-methyl/N-ethyl adjacent to an activating group) is 1. The van der Waals surface area contributed by atoms with Crippen molar-refractivity contribution in [2.45, 2.75) is 6.54 Å². The smallest absolute Gasteiger partial charge is 0.244 e. The van der Waals surface area contributed by atoms with Gasteiger partial charge in [0.1, 0.15) is 6.54 Å². The highest BCUT2D eigenvalue weighted by Gasteiger charge is 2.08. The summed E-state index contributed by atoms with van der Waals surface area (Å²) >= 11 is 0. The lowest BCUT2D eigenvalue weighted by atomic mass is 10.5. The van der Waals surface area contributed by atoms with Gasteiger partial charge in [-0.25, -0.2) is 0 Å². The molecule has 1 radical (unpaired) electrons. The fourth-order valence-corrected chi connectivity index (χ4v) is 0.959. The fraction of sp³-hybridized carbons (Fsp3) is 0.556. The summed E-state index contributed by atoms with van der Waals surface area (Å²) < 4.78 is 6.42. The van der Waals surface area contributed by atoms with Crippen LogP contribution in [0.4, 0.5) is 0 Å². The van der Waals surface area contributed by atoms with E-state index in [1.807, 2.05) is 0 Å². The summed E-state index contributed by atoms with van der Waals surface area (Å²) in [5.74, 6) is 0.0131. The summed E-state index contributed by atoms with van der Waals surface area (Å²) in [6.07, 6.45) is 3.17. The van der Waals surface area contributed by atoms with Crippen molar-refractivity contribution in [2.24, 2.45) is 0 Å². The minimum Gasteiger partial charge on any atom is -0.383 e. The molecule has 5 nitrogen and oxygen atoms in total. The highest BCUT2D eigenvalue weighted by atomic mass is 16.5. The molecule has 0 aromatic carbocycles. The van der Waals surface area contributed by atoms with Gasteiger partial charge in [0, 0.05) is 33.0 Å². The highest BCUT2D eigenvalue weighted by Crippen LogP contribution is 1.90. The molecule has 0 aliphatic heterocycles. The first-order chi connectivity index (χ1) is 6.74. The Morgan fingerprint density at radius 2 is 2.50 bits per heavy atom. The highest BCUT2D eigenvalue weighted by molar-refractivity contribution is 5.75. The Labute approximate surface area is 83.3 Å². The van der Waals surface area contributed by atoms with Gasteiger partial charge in [0.2, 0.25) is 5.91 Å². The number of carbonyl (C=O) groups is 1. The zero-order valence-electron chi connectivity index (χ0n) is 8.43. The third-order valence-corrected chi connectivity index (χ3v) is 1.86. The third kappa shape index (κ3) is 3.18. The van der Waals surface area contributed by atoms with Crippen molar-refractivity contribution in [3.05, 3.63) is 18.5 Å². The van der Waals surface area contributed by atoms with Gasteiger partial charge in [-0.1, -0.05) is 0 Å². The van der Waals surface area contributed by atoms with Gasteiger partial charge < -0.3 is 9.64 Å². The van der Waals surface area contributed by atoms with Crippen LogP contribution in [0.1, 0.15) is 0 Å². The Hall–Kier alpha value is -1.36. The molecule has 0 N–H and O–H groups in total. The van der Waals surface area contributed by atoms with Gasteiger partial charge in [-0.15, -0.1) is 0 Å². The van der Waals surface area contributed by atoms with Crippen LogP contribution in [0.5, 0.6) is 0 Å². The molecule has 0 atom stereocenters. The first-order valence-electron chi connectivity index (χ1n) is 4.35. The normalized spacial score (nSPS) is 10.1. The van der Waals surface area contributed by atoms with Crippen molar-refractivity contribution >= 4 is 5.91 Å². The zero-order chi connectivity index (χ0) is 10.4. The van der Waals surface area contributed by atoms with E-state index in [1.54, 1.807) is 29.9 Å². The van der Waals surface area contributed by atoms with E-state index in [0.717, 1.165) is 0 Å². The standard InChI is InChI=1S/C9H14N3O2/c1-11(6-7-14-2)9(13)8-12-5-3-4-10-12/h4-5H,6-8H2,1-2H3. The quantitative estimate of drug-likeness (QED) is 0.654. The number of methoxy groups -OCH3 is 1. The maximum atomic E-state index is 11.5. The van der Waals surface area contributed by atoms with Crippen LogP contribution >= 0.6 is 0 Å².